The Morgan fingerprint density at radius 3 is 2.27 bits per heavy atom. The molecule has 1 fully saturated rings. The van der Waals surface area contributed by atoms with Crippen molar-refractivity contribution in [3.05, 3.63) is 0 Å². The average Bonchev–Trinajstić information content (AvgIpc) is 2.20. The first kappa shape index (κ1) is 12.0. The summed E-state index contributed by atoms with van der Waals surface area (Å²) in [5.41, 5.74) is 0. The van der Waals surface area contributed by atoms with Crippen LogP contribution in [-0.2, 0) is 24.2 Å². The van der Waals surface area contributed by atoms with Crippen LogP contribution in [0.4, 0.5) is 0 Å². The van der Waals surface area contributed by atoms with E-state index >= 15 is 0 Å². The highest BCUT2D eigenvalue weighted by atomic mass is 32.2. The third kappa shape index (κ3) is 3.50. The van der Waals surface area contributed by atoms with E-state index in [1.165, 1.54) is 0 Å². The van der Waals surface area contributed by atoms with E-state index in [-0.39, 0.29) is 17.5 Å². The third-order valence-corrected chi connectivity index (χ3v) is 3.98. The number of carbonyl (C=O) groups is 2. The molecule has 0 aromatic rings. The second-order valence-electron chi connectivity index (χ2n) is 3.39. The molecule has 1 heterocycles. The van der Waals surface area contributed by atoms with Crippen molar-refractivity contribution in [2.24, 2.45) is 0 Å². The SMILES string of the molecule is COC(=O)C(=O)NC1CCS(=O)(=O)CC1. The molecule has 86 valence electrons. The van der Waals surface area contributed by atoms with Gasteiger partial charge in [0.1, 0.15) is 9.84 Å². The molecule has 0 aliphatic carbocycles. The monoisotopic (exact) mass is 235 g/mol. The Morgan fingerprint density at radius 1 is 1.27 bits per heavy atom. The van der Waals surface area contributed by atoms with Crippen molar-refractivity contribution < 1.29 is 22.7 Å². The number of carbonyl (C=O) groups excluding carboxylic acids is 2. The first-order valence-corrected chi connectivity index (χ1v) is 6.36. The van der Waals surface area contributed by atoms with Crippen molar-refractivity contribution in [1.29, 1.82) is 0 Å². The molecule has 1 saturated heterocycles. The van der Waals surface area contributed by atoms with E-state index in [1.807, 2.05) is 0 Å². The highest BCUT2D eigenvalue weighted by Gasteiger charge is 2.26. The average molecular weight is 235 g/mol. The van der Waals surface area contributed by atoms with Crippen molar-refractivity contribution in [2.75, 3.05) is 18.6 Å². The predicted molar refractivity (Wildman–Crippen MR) is 51.8 cm³/mol. The van der Waals surface area contributed by atoms with Crippen molar-refractivity contribution >= 4 is 21.7 Å². The number of rotatable bonds is 1. The lowest BCUT2D eigenvalue weighted by atomic mass is 10.1. The lowest BCUT2D eigenvalue weighted by Gasteiger charge is -2.22. The molecule has 0 unspecified atom stereocenters. The van der Waals surface area contributed by atoms with E-state index in [0.29, 0.717) is 12.8 Å². The molecular formula is C8H13NO5S. The largest absolute Gasteiger partial charge is 0.462 e. The minimum Gasteiger partial charge on any atom is -0.462 e. The van der Waals surface area contributed by atoms with Crippen LogP contribution in [0.5, 0.6) is 0 Å². The van der Waals surface area contributed by atoms with E-state index in [4.69, 9.17) is 0 Å². The number of nitrogens with one attached hydrogen (secondary N) is 1. The Balaban J connectivity index is 2.43. The maximum Gasteiger partial charge on any atom is 0.396 e. The van der Waals surface area contributed by atoms with Crippen LogP contribution in [0, 0.1) is 0 Å². The molecule has 15 heavy (non-hydrogen) atoms. The number of sulfone groups is 1. The molecule has 0 aromatic heterocycles. The van der Waals surface area contributed by atoms with Gasteiger partial charge in [-0.15, -0.1) is 0 Å². The number of amides is 1. The second-order valence-corrected chi connectivity index (χ2v) is 5.69. The van der Waals surface area contributed by atoms with Gasteiger partial charge in [-0.05, 0) is 12.8 Å². The van der Waals surface area contributed by atoms with Crippen LogP contribution >= 0.6 is 0 Å². The summed E-state index contributed by atoms with van der Waals surface area (Å²) in [5.74, 6) is -1.66. The number of hydrogen-bond acceptors (Lipinski definition) is 5. The molecule has 0 aromatic carbocycles. The van der Waals surface area contributed by atoms with Crippen LogP contribution in [0.1, 0.15) is 12.8 Å². The summed E-state index contributed by atoms with van der Waals surface area (Å²) in [6.07, 6.45) is 0.704. The standard InChI is InChI=1S/C8H13NO5S/c1-14-8(11)7(10)9-6-2-4-15(12,13)5-3-6/h6H,2-5H2,1H3,(H,9,10). The van der Waals surface area contributed by atoms with Crippen LogP contribution in [0.25, 0.3) is 0 Å². The molecule has 1 rings (SSSR count). The molecule has 0 saturated carbocycles. The molecule has 1 amide bonds. The molecule has 6 nitrogen and oxygen atoms in total. The molecule has 0 spiro atoms. The van der Waals surface area contributed by atoms with Crippen molar-refractivity contribution in [3.63, 3.8) is 0 Å². The van der Waals surface area contributed by atoms with Gasteiger partial charge in [-0.25, -0.2) is 13.2 Å². The molecule has 1 N–H and O–H groups in total. The fraction of sp³-hybridized carbons (Fsp3) is 0.750. The minimum atomic E-state index is -2.94. The van der Waals surface area contributed by atoms with Crippen molar-refractivity contribution in [1.82, 2.24) is 5.32 Å². The highest BCUT2D eigenvalue weighted by Crippen LogP contribution is 2.11. The second kappa shape index (κ2) is 4.61. The van der Waals surface area contributed by atoms with Gasteiger partial charge in [0.2, 0.25) is 0 Å². The van der Waals surface area contributed by atoms with Crippen LogP contribution in [0.2, 0.25) is 0 Å². The van der Waals surface area contributed by atoms with Gasteiger partial charge >= 0.3 is 11.9 Å². The molecule has 7 heteroatoms. The van der Waals surface area contributed by atoms with E-state index < -0.39 is 21.7 Å². The Labute approximate surface area is 87.9 Å². The zero-order valence-corrected chi connectivity index (χ0v) is 9.17. The third-order valence-electron chi connectivity index (χ3n) is 2.26. The van der Waals surface area contributed by atoms with Gasteiger partial charge in [-0.2, -0.15) is 0 Å². The number of ether oxygens (including phenoxy) is 1. The molecule has 0 radical (unpaired) electrons. The number of hydrogen-bond donors (Lipinski definition) is 1. The molecular weight excluding hydrogens is 222 g/mol. The topological polar surface area (TPSA) is 89.5 Å². The maximum absolute atomic E-state index is 11.1. The van der Waals surface area contributed by atoms with Crippen LogP contribution in [-0.4, -0.2) is 45.0 Å². The quantitative estimate of drug-likeness (QED) is 0.458. The zero-order chi connectivity index (χ0) is 11.5. The Morgan fingerprint density at radius 2 is 1.80 bits per heavy atom. The summed E-state index contributed by atoms with van der Waals surface area (Å²) < 4.78 is 26.4. The predicted octanol–water partition coefficient (Wildman–Crippen LogP) is -1.15. The highest BCUT2D eigenvalue weighted by molar-refractivity contribution is 7.91. The summed E-state index contributed by atoms with van der Waals surface area (Å²) >= 11 is 0. The molecule has 1 aliphatic heterocycles. The molecule has 1 aliphatic rings. The Kier molecular flexibility index (Phi) is 3.67. The fourth-order valence-corrected chi connectivity index (χ4v) is 2.86. The van der Waals surface area contributed by atoms with Crippen LogP contribution < -0.4 is 5.32 Å². The minimum absolute atomic E-state index is 0.0547. The van der Waals surface area contributed by atoms with Crippen molar-refractivity contribution in [2.45, 2.75) is 18.9 Å². The van der Waals surface area contributed by atoms with E-state index in [2.05, 4.69) is 10.1 Å². The Hall–Kier alpha value is -1.11. The van der Waals surface area contributed by atoms with Gasteiger partial charge in [0.15, 0.2) is 0 Å². The maximum atomic E-state index is 11.1. The first-order valence-electron chi connectivity index (χ1n) is 4.54. The van der Waals surface area contributed by atoms with Gasteiger partial charge in [0.05, 0.1) is 18.6 Å². The summed E-state index contributed by atoms with van der Waals surface area (Å²) in [7, 11) is -1.83. The number of esters is 1. The van der Waals surface area contributed by atoms with E-state index in [0.717, 1.165) is 7.11 Å². The summed E-state index contributed by atoms with van der Waals surface area (Å²) in [5, 5.41) is 2.43. The summed E-state index contributed by atoms with van der Waals surface area (Å²) in [4.78, 5) is 21.8. The van der Waals surface area contributed by atoms with Gasteiger partial charge in [-0.3, -0.25) is 4.79 Å². The summed E-state index contributed by atoms with van der Waals surface area (Å²) in [6.45, 7) is 0. The van der Waals surface area contributed by atoms with Gasteiger partial charge < -0.3 is 10.1 Å². The van der Waals surface area contributed by atoms with E-state index in [1.54, 1.807) is 0 Å². The van der Waals surface area contributed by atoms with E-state index in [9.17, 15) is 18.0 Å². The summed E-state index contributed by atoms with van der Waals surface area (Å²) in [6, 6.07) is -0.250. The smallest absolute Gasteiger partial charge is 0.396 e. The van der Waals surface area contributed by atoms with Crippen molar-refractivity contribution in [3.8, 4) is 0 Å². The molecule has 0 bridgehead atoms. The fourth-order valence-electron chi connectivity index (χ4n) is 1.37. The zero-order valence-electron chi connectivity index (χ0n) is 8.36. The van der Waals surface area contributed by atoms with Gasteiger partial charge in [0.25, 0.3) is 0 Å². The van der Waals surface area contributed by atoms with Crippen LogP contribution in [0.3, 0.4) is 0 Å². The van der Waals surface area contributed by atoms with Gasteiger partial charge in [0, 0.05) is 6.04 Å². The lowest BCUT2D eigenvalue weighted by molar-refractivity contribution is -0.153. The number of methoxy groups -OCH3 is 1. The molecule has 0 atom stereocenters. The Bertz CT molecular complexity index is 347. The van der Waals surface area contributed by atoms with Gasteiger partial charge in [-0.1, -0.05) is 0 Å². The normalized spacial score (nSPS) is 20.6. The van der Waals surface area contributed by atoms with Crippen LogP contribution in [0.15, 0.2) is 0 Å². The lowest BCUT2D eigenvalue weighted by Crippen LogP contribution is -2.44. The first-order chi connectivity index (χ1) is 6.94.